The first-order valence-corrected chi connectivity index (χ1v) is 7.06. The number of carboxylic acids is 1. The summed E-state index contributed by atoms with van der Waals surface area (Å²) in [6, 6.07) is -1.14. The molecule has 20 heavy (non-hydrogen) atoms. The summed E-state index contributed by atoms with van der Waals surface area (Å²) in [7, 11) is 0. The van der Waals surface area contributed by atoms with Gasteiger partial charge in [-0.2, -0.15) is 0 Å². The third-order valence-electron chi connectivity index (χ3n) is 3.53. The number of hydrogen-bond donors (Lipinski definition) is 2. The monoisotopic (exact) mass is 285 g/mol. The molecular formula is C13H23N3O4. The van der Waals surface area contributed by atoms with Crippen LogP contribution in [0.3, 0.4) is 0 Å². The Balaban J connectivity index is 2.36. The summed E-state index contributed by atoms with van der Waals surface area (Å²) in [6.07, 6.45) is 1.42. The molecule has 0 aromatic heterocycles. The highest BCUT2D eigenvalue weighted by Crippen LogP contribution is 2.17. The van der Waals surface area contributed by atoms with Crippen LogP contribution in [0.25, 0.3) is 0 Å². The molecule has 0 bridgehead atoms. The van der Waals surface area contributed by atoms with Crippen molar-refractivity contribution >= 4 is 17.9 Å². The third kappa shape index (κ3) is 4.11. The summed E-state index contributed by atoms with van der Waals surface area (Å²) in [6.45, 7) is 5.79. The average Bonchev–Trinajstić information content (AvgIpc) is 2.89. The summed E-state index contributed by atoms with van der Waals surface area (Å²) < 4.78 is 0. The third-order valence-corrected chi connectivity index (χ3v) is 3.53. The smallest absolute Gasteiger partial charge is 0.326 e. The predicted molar refractivity (Wildman–Crippen MR) is 73.3 cm³/mol. The molecule has 0 unspecified atom stereocenters. The van der Waals surface area contributed by atoms with E-state index < -0.39 is 18.0 Å². The Labute approximate surface area is 118 Å². The van der Waals surface area contributed by atoms with Crippen LogP contribution in [-0.2, 0) is 9.59 Å². The van der Waals surface area contributed by atoms with Gasteiger partial charge in [0.05, 0.1) is 0 Å². The second-order valence-electron chi connectivity index (χ2n) is 4.74. The number of carbonyl (C=O) groups is 3. The molecule has 1 atom stereocenters. The molecule has 7 nitrogen and oxygen atoms in total. The van der Waals surface area contributed by atoms with E-state index in [0.717, 1.165) is 0 Å². The minimum atomic E-state index is -0.975. The van der Waals surface area contributed by atoms with E-state index in [-0.39, 0.29) is 18.9 Å². The molecule has 7 heteroatoms. The highest BCUT2D eigenvalue weighted by atomic mass is 16.4. The van der Waals surface area contributed by atoms with Crippen LogP contribution in [0, 0.1) is 0 Å². The Morgan fingerprint density at radius 2 is 1.95 bits per heavy atom. The zero-order chi connectivity index (χ0) is 15.1. The molecule has 1 aliphatic rings. The van der Waals surface area contributed by atoms with E-state index in [1.54, 1.807) is 4.90 Å². The van der Waals surface area contributed by atoms with E-state index in [1.807, 2.05) is 13.8 Å². The van der Waals surface area contributed by atoms with Crippen molar-refractivity contribution in [3.05, 3.63) is 0 Å². The summed E-state index contributed by atoms with van der Waals surface area (Å²) in [5.74, 6) is -0.983. The van der Waals surface area contributed by atoms with E-state index in [1.165, 1.54) is 4.90 Å². The van der Waals surface area contributed by atoms with Gasteiger partial charge in [0, 0.05) is 32.6 Å². The zero-order valence-electron chi connectivity index (χ0n) is 12.1. The fourth-order valence-electron chi connectivity index (χ4n) is 2.38. The number of urea groups is 1. The Hall–Kier alpha value is -1.79. The fourth-order valence-corrected chi connectivity index (χ4v) is 2.38. The van der Waals surface area contributed by atoms with Crippen molar-refractivity contribution in [1.29, 1.82) is 0 Å². The molecule has 1 heterocycles. The lowest BCUT2D eigenvalue weighted by molar-refractivity contribution is -0.141. The highest BCUT2D eigenvalue weighted by molar-refractivity contribution is 5.83. The van der Waals surface area contributed by atoms with Crippen molar-refractivity contribution in [2.45, 2.75) is 39.2 Å². The minimum absolute atomic E-state index is 0.00786. The first kappa shape index (κ1) is 16.3. The summed E-state index contributed by atoms with van der Waals surface area (Å²) in [4.78, 5) is 37.6. The number of rotatable bonds is 6. The second kappa shape index (κ2) is 7.72. The maximum absolute atomic E-state index is 11.9. The molecular weight excluding hydrogens is 262 g/mol. The van der Waals surface area contributed by atoms with E-state index in [0.29, 0.717) is 32.5 Å². The SMILES string of the molecule is CCN(CC)C(=O)CCNC(=O)N1CCC[C@H]1C(=O)O. The molecule has 0 radical (unpaired) electrons. The van der Waals surface area contributed by atoms with E-state index >= 15 is 0 Å². The maximum atomic E-state index is 11.9. The Morgan fingerprint density at radius 3 is 2.50 bits per heavy atom. The van der Waals surface area contributed by atoms with Crippen LogP contribution in [0.15, 0.2) is 0 Å². The number of carbonyl (C=O) groups excluding carboxylic acids is 2. The quantitative estimate of drug-likeness (QED) is 0.743. The number of nitrogens with zero attached hydrogens (tertiary/aromatic N) is 2. The van der Waals surface area contributed by atoms with Gasteiger partial charge in [0.2, 0.25) is 5.91 Å². The van der Waals surface area contributed by atoms with Crippen molar-refractivity contribution < 1.29 is 19.5 Å². The van der Waals surface area contributed by atoms with Gasteiger partial charge in [-0.05, 0) is 26.7 Å². The van der Waals surface area contributed by atoms with E-state index in [2.05, 4.69) is 5.32 Å². The average molecular weight is 285 g/mol. The van der Waals surface area contributed by atoms with Gasteiger partial charge >= 0.3 is 12.0 Å². The summed E-state index contributed by atoms with van der Waals surface area (Å²) in [5.41, 5.74) is 0. The van der Waals surface area contributed by atoms with Gasteiger partial charge in [-0.25, -0.2) is 9.59 Å². The fraction of sp³-hybridized carbons (Fsp3) is 0.769. The standard InChI is InChI=1S/C13H23N3O4/c1-3-15(4-2)11(17)7-8-14-13(20)16-9-5-6-10(16)12(18)19/h10H,3-9H2,1-2H3,(H,14,20)(H,18,19)/t10-/m0/s1. The minimum Gasteiger partial charge on any atom is -0.480 e. The first-order chi connectivity index (χ1) is 9.51. The Kier molecular flexibility index (Phi) is 6.27. The van der Waals surface area contributed by atoms with Crippen molar-refractivity contribution in [3.8, 4) is 0 Å². The van der Waals surface area contributed by atoms with Crippen LogP contribution in [-0.4, -0.2) is 65.0 Å². The molecule has 3 amide bonds. The molecule has 1 aliphatic heterocycles. The van der Waals surface area contributed by atoms with Crippen LogP contribution in [0.4, 0.5) is 4.79 Å². The molecule has 0 aromatic carbocycles. The van der Waals surface area contributed by atoms with Crippen LogP contribution >= 0.6 is 0 Å². The van der Waals surface area contributed by atoms with Crippen LogP contribution in [0.5, 0.6) is 0 Å². The number of hydrogen-bond acceptors (Lipinski definition) is 3. The molecule has 114 valence electrons. The van der Waals surface area contributed by atoms with Gasteiger partial charge in [-0.3, -0.25) is 4.79 Å². The Morgan fingerprint density at radius 1 is 1.30 bits per heavy atom. The van der Waals surface area contributed by atoms with Gasteiger partial charge in [0.15, 0.2) is 0 Å². The number of aliphatic carboxylic acids is 1. The molecule has 0 spiro atoms. The van der Waals surface area contributed by atoms with Crippen molar-refractivity contribution in [1.82, 2.24) is 15.1 Å². The second-order valence-corrected chi connectivity index (χ2v) is 4.74. The molecule has 0 saturated carbocycles. The first-order valence-electron chi connectivity index (χ1n) is 7.06. The maximum Gasteiger partial charge on any atom is 0.326 e. The van der Waals surface area contributed by atoms with Crippen LogP contribution in [0.2, 0.25) is 0 Å². The molecule has 1 fully saturated rings. The number of likely N-dealkylation sites (tertiary alicyclic amines) is 1. The number of amides is 3. The zero-order valence-corrected chi connectivity index (χ0v) is 12.1. The topological polar surface area (TPSA) is 90.0 Å². The molecule has 0 aromatic rings. The lowest BCUT2D eigenvalue weighted by atomic mass is 10.2. The van der Waals surface area contributed by atoms with Crippen LogP contribution in [0.1, 0.15) is 33.1 Å². The number of carboxylic acid groups (broad SMARTS) is 1. The predicted octanol–water partition coefficient (Wildman–Crippen LogP) is 0.504. The molecule has 1 rings (SSSR count). The van der Waals surface area contributed by atoms with Gasteiger partial charge in [0.25, 0.3) is 0 Å². The normalized spacial score (nSPS) is 17.9. The van der Waals surface area contributed by atoms with Gasteiger partial charge in [0.1, 0.15) is 6.04 Å². The van der Waals surface area contributed by atoms with Crippen molar-refractivity contribution in [2.75, 3.05) is 26.2 Å². The summed E-state index contributed by atoms with van der Waals surface area (Å²) in [5, 5.41) is 11.6. The van der Waals surface area contributed by atoms with Gasteiger partial charge < -0.3 is 20.2 Å². The Bertz CT molecular complexity index is 369. The van der Waals surface area contributed by atoms with E-state index in [4.69, 9.17) is 5.11 Å². The molecule has 0 aliphatic carbocycles. The van der Waals surface area contributed by atoms with E-state index in [9.17, 15) is 14.4 Å². The molecule has 1 saturated heterocycles. The van der Waals surface area contributed by atoms with Crippen molar-refractivity contribution in [3.63, 3.8) is 0 Å². The number of nitrogens with one attached hydrogen (secondary N) is 1. The lowest BCUT2D eigenvalue weighted by Gasteiger charge is -2.22. The lowest BCUT2D eigenvalue weighted by Crippen LogP contribution is -2.46. The van der Waals surface area contributed by atoms with Crippen LogP contribution < -0.4 is 5.32 Å². The summed E-state index contributed by atoms with van der Waals surface area (Å²) >= 11 is 0. The van der Waals surface area contributed by atoms with Crippen molar-refractivity contribution in [2.24, 2.45) is 0 Å². The molecule has 2 N–H and O–H groups in total. The van der Waals surface area contributed by atoms with Gasteiger partial charge in [-0.1, -0.05) is 0 Å². The largest absolute Gasteiger partial charge is 0.480 e. The highest BCUT2D eigenvalue weighted by Gasteiger charge is 2.33. The van der Waals surface area contributed by atoms with Gasteiger partial charge in [-0.15, -0.1) is 0 Å².